The summed E-state index contributed by atoms with van der Waals surface area (Å²) in [5, 5.41) is 22.6. The Morgan fingerprint density at radius 2 is 1.51 bits per heavy atom. The van der Waals surface area contributed by atoms with Gasteiger partial charge in [-0.15, -0.1) is 0 Å². The van der Waals surface area contributed by atoms with Crippen LogP contribution in [0.15, 0.2) is 90.2 Å². The SMILES string of the molecule is NC(=O)[C@H](Cc1c[nH]c2ccccc12)NC(=O)[C@H](CCCN/C(N)=N/[N+](=O)[O-])NC(=O)[C@H](CC[C@@H]([NH3+])Cc1ccc(Cl)cc1)Cc1ccccc1. The Morgan fingerprint density at radius 1 is 0.843 bits per heavy atom. The molecule has 0 radical (unpaired) electrons. The molecule has 11 N–H and O–H groups in total. The average molecular weight is 719 g/mol. The molecule has 0 aliphatic rings. The number of nitrogens with one attached hydrogen (secondary N) is 4. The third kappa shape index (κ3) is 12.4. The van der Waals surface area contributed by atoms with Crippen LogP contribution < -0.4 is 33.2 Å². The number of nitro groups is 1. The molecule has 0 saturated heterocycles. The van der Waals surface area contributed by atoms with Crippen LogP contribution in [0.25, 0.3) is 10.9 Å². The van der Waals surface area contributed by atoms with Gasteiger partial charge in [0.1, 0.15) is 17.2 Å². The molecule has 15 heteroatoms. The number of hydrogen-bond acceptors (Lipinski definition) is 5. The van der Waals surface area contributed by atoms with Gasteiger partial charge in [-0.3, -0.25) is 14.4 Å². The first kappa shape index (κ1) is 38.3. The van der Waals surface area contributed by atoms with Crippen LogP contribution in [0.3, 0.4) is 0 Å². The second-order valence-corrected chi connectivity index (χ2v) is 13.0. The topological polar surface area (TPSA) is 238 Å². The maximum absolute atomic E-state index is 14.0. The lowest BCUT2D eigenvalue weighted by Gasteiger charge is -2.25. The smallest absolute Gasteiger partial charge is 0.266 e. The molecule has 0 aliphatic carbocycles. The van der Waals surface area contributed by atoms with Gasteiger partial charge >= 0.3 is 0 Å². The first-order valence-electron chi connectivity index (χ1n) is 16.8. The predicted molar refractivity (Wildman–Crippen MR) is 196 cm³/mol. The van der Waals surface area contributed by atoms with Crippen LogP contribution in [0.2, 0.25) is 5.02 Å². The van der Waals surface area contributed by atoms with Crippen molar-refractivity contribution in [1.29, 1.82) is 0 Å². The first-order chi connectivity index (χ1) is 24.5. The standard InChI is InChI=1S/C36H44ClN9O5/c37-27-15-12-24(13-16-27)20-28(38)17-14-25(19-23-7-2-1-3-8-23)34(48)43-31(11-6-18-41-36(40)45-46(50)51)35(49)44-32(33(39)47)21-26-22-42-30-10-5-4-9-29(26)30/h1-5,7-10,12-13,15-16,22,25,28,31-32,42H,6,11,14,17-21,38H2,(H2,39,47)(H,43,48)(H,44,49)(H3,40,41,45)/p+1/t25-,28-,31+,32+/m1/s1. The molecule has 3 aromatic carbocycles. The number of quaternary nitrogens is 1. The molecule has 0 spiro atoms. The number of halogens is 1. The number of guanidine groups is 1. The van der Waals surface area contributed by atoms with Gasteiger partial charge in [0.15, 0.2) is 5.03 Å². The number of hydrazone groups is 1. The summed E-state index contributed by atoms with van der Waals surface area (Å²) in [6.45, 7) is 0.138. The molecular formula is C36H45ClN9O5+. The Balaban J connectivity index is 1.49. The largest absolute Gasteiger partial charge is 0.368 e. The van der Waals surface area contributed by atoms with Gasteiger partial charge in [0.05, 0.1) is 6.04 Å². The van der Waals surface area contributed by atoms with Crippen molar-refractivity contribution in [3.05, 3.63) is 117 Å². The Kier molecular flexibility index (Phi) is 14.3. The van der Waals surface area contributed by atoms with Gasteiger partial charge in [0, 0.05) is 53.8 Å². The number of aromatic amines is 1. The van der Waals surface area contributed by atoms with Crippen molar-refractivity contribution in [2.24, 2.45) is 22.5 Å². The Morgan fingerprint density at radius 3 is 2.22 bits per heavy atom. The summed E-state index contributed by atoms with van der Waals surface area (Å²) < 4.78 is 0. The molecule has 14 nitrogen and oxygen atoms in total. The fraction of sp³-hybridized carbons (Fsp3) is 0.333. The molecule has 4 rings (SSSR count). The highest BCUT2D eigenvalue weighted by Crippen LogP contribution is 2.20. The van der Waals surface area contributed by atoms with E-state index in [0.29, 0.717) is 30.7 Å². The number of fused-ring (bicyclic) bond motifs is 1. The van der Waals surface area contributed by atoms with Crippen LogP contribution in [-0.2, 0) is 33.6 Å². The van der Waals surface area contributed by atoms with Crippen LogP contribution >= 0.6 is 11.6 Å². The van der Waals surface area contributed by atoms with Gasteiger partial charge in [-0.25, -0.2) is 10.1 Å². The van der Waals surface area contributed by atoms with E-state index in [1.807, 2.05) is 78.9 Å². The number of carbonyl (C=O) groups is 3. The van der Waals surface area contributed by atoms with E-state index in [4.69, 9.17) is 23.1 Å². The maximum atomic E-state index is 14.0. The Bertz CT molecular complexity index is 1800. The zero-order valence-electron chi connectivity index (χ0n) is 28.2. The second-order valence-electron chi connectivity index (χ2n) is 12.5. The van der Waals surface area contributed by atoms with E-state index in [2.05, 4.69) is 31.8 Å². The minimum atomic E-state index is -1.06. The van der Waals surface area contributed by atoms with Crippen molar-refractivity contribution in [1.82, 2.24) is 20.9 Å². The van der Waals surface area contributed by atoms with Crippen LogP contribution in [0.1, 0.15) is 42.4 Å². The van der Waals surface area contributed by atoms with Crippen LogP contribution in [0.4, 0.5) is 0 Å². The molecule has 4 aromatic rings. The number of hydrogen-bond donors (Lipinski definition) is 7. The quantitative estimate of drug-likeness (QED) is 0.0250. The number of nitrogens with zero attached hydrogens (tertiary/aromatic N) is 2. The van der Waals surface area contributed by atoms with E-state index in [1.54, 1.807) is 6.20 Å². The van der Waals surface area contributed by atoms with Crippen molar-refractivity contribution in [3.8, 4) is 0 Å². The molecule has 0 aliphatic heterocycles. The van der Waals surface area contributed by atoms with Gasteiger partial charge in [-0.1, -0.05) is 72.3 Å². The van der Waals surface area contributed by atoms with Crippen molar-refractivity contribution in [2.75, 3.05) is 6.54 Å². The van der Waals surface area contributed by atoms with E-state index in [-0.39, 0.29) is 43.7 Å². The fourth-order valence-corrected chi connectivity index (χ4v) is 6.06. The number of H-pyrrole nitrogens is 1. The summed E-state index contributed by atoms with van der Waals surface area (Å²) in [7, 11) is 0. The van der Waals surface area contributed by atoms with E-state index in [0.717, 1.165) is 27.6 Å². The fourth-order valence-electron chi connectivity index (χ4n) is 5.94. The molecule has 270 valence electrons. The van der Waals surface area contributed by atoms with Crippen LogP contribution in [0.5, 0.6) is 0 Å². The third-order valence-electron chi connectivity index (χ3n) is 8.61. The number of nitrogens with two attached hydrogens (primary N) is 2. The van der Waals surface area contributed by atoms with E-state index < -0.39 is 34.8 Å². The zero-order chi connectivity index (χ0) is 36.8. The minimum Gasteiger partial charge on any atom is -0.368 e. The Labute approximate surface area is 300 Å². The summed E-state index contributed by atoms with van der Waals surface area (Å²) >= 11 is 6.04. The number of primary amides is 1. The highest BCUT2D eigenvalue weighted by Gasteiger charge is 2.29. The van der Waals surface area contributed by atoms with Crippen molar-refractivity contribution >= 4 is 46.2 Å². The lowest BCUT2D eigenvalue weighted by atomic mass is 9.90. The summed E-state index contributed by atoms with van der Waals surface area (Å²) in [5.41, 5.74) is 19.3. The van der Waals surface area contributed by atoms with Gasteiger partial charge in [0.2, 0.25) is 17.7 Å². The van der Waals surface area contributed by atoms with Gasteiger partial charge in [-0.05, 0) is 60.6 Å². The molecule has 4 atom stereocenters. The van der Waals surface area contributed by atoms with Crippen LogP contribution in [-0.4, -0.2) is 58.4 Å². The number of para-hydroxylation sites is 1. The molecule has 51 heavy (non-hydrogen) atoms. The molecule has 0 bridgehead atoms. The molecule has 0 fully saturated rings. The van der Waals surface area contributed by atoms with E-state index >= 15 is 0 Å². The van der Waals surface area contributed by atoms with Gasteiger partial charge in [-0.2, -0.15) is 0 Å². The first-order valence-corrected chi connectivity index (χ1v) is 17.1. The van der Waals surface area contributed by atoms with Gasteiger partial charge in [0.25, 0.3) is 5.96 Å². The summed E-state index contributed by atoms with van der Waals surface area (Å²) in [4.78, 5) is 54.2. The lowest BCUT2D eigenvalue weighted by Crippen LogP contribution is -2.62. The monoisotopic (exact) mass is 718 g/mol. The third-order valence-corrected chi connectivity index (χ3v) is 8.87. The van der Waals surface area contributed by atoms with Crippen molar-refractivity contribution in [2.45, 2.75) is 63.1 Å². The highest BCUT2D eigenvalue weighted by atomic mass is 35.5. The lowest BCUT2D eigenvalue weighted by molar-refractivity contribution is -0.485. The Hall–Kier alpha value is -5.47. The summed E-state index contributed by atoms with van der Waals surface area (Å²) in [6.07, 6.45) is 4.62. The van der Waals surface area contributed by atoms with E-state index in [9.17, 15) is 24.5 Å². The molecular weight excluding hydrogens is 674 g/mol. The highest BCUT2D eigenvalue weighted by molar-refractivity contribution is 6.30. The molecule has 0 unspecified atom stereocenters. The number of benzene rings is 3. The average Bonchev–Trinajstić information content (AvgIpc) is 3.51. The number of rotatable bonds is 19. The second kappa shape index (κ2) is 19.1. The summed E-state index contributed by atoms with van der Waals surface area (Å²) in [6, 6.07) is 22.7. The number of aromatic nitrogens is 1. The minimum absolute atomic E-state index is 0.0227. The molecule has 3 amide bonds. The van der Waals surface area contributed by atoms with Crippen molar-refractivity contribution in [3.63, 3.8) is 0 Å². The predicted octanol–water partition coefficient (Wildman–Crippen LogP) is 2.19. The van der Waals surface area contributed by atoms with Gasteiger partial charge < -0.3 is 38.1 Å². The summed E-state index contributed by atoms with van der Waals surface area (Å²) in [5.74, 6) is -2.52. The van der Waals surface area contributed by atoms with E-state index in [1.165, 1.54) is 0 Å². The maximum Gasteiger partial charge on any atom is 0.266 e. The molecule has 1 heterocycles. The van der Waals surface area contributed by atoms with Crippen LogP contribution in [0, 0.1) is 16.0 Å². The van der Waals surface area contributed by atoms with Crippen molar-refractivity contribution < 1.29 is 25.1 Å². The zero-order valence-corrected chi connectivity index (χ0v) is 29.0. The number of carbonyl (C=O) groups excluding carboxylic acids is 3. The molecule has 0 saturated carbocycles. The number of amides is 3. The molecule has 1 aromatic heterocycles. The normalized spacial score (nSPS) is 13.9.